The highest BCUT2D eigenvalue weighted by atomic mass is 79.9. The van der Waals surface area contributed by atoms with Gasteiger partial charge in [-0.3, -0.25) is 0 Å². The zero-order valence-corrected chi connectivity index (χ0v) is 18.7. The summed E-state index contributed by atoms with van der Waals surface area (Å²) in [5.74, 6) is 0. The van der Waals surface area contributed by atoms with E-state index in [1.807, 2.05) is 0 Å². The molecule has 2 heteroatoms. The molecule has 0 atom stereocenters. The number of fused-ring (bicyclic) bond motifs is 9. The van der Waals surface area contributed by atoms with Crippen molar-refractivity contribution >= 4 is 44.0 Å². The van der Waals surface area contributed by atoms with Crippen LogP contribution in [-0.2, 0) is 5.41 Å². The molecule has 29 heavy (non-hydrogen) atoms. The monoisotopic (exact) mass is 498 g/mol. The van der Waals surface area contributed by atoms with Crippen LogP contribution >= 0.6 is 31.9 Å². The van der Waals surface area contributed by atoms with Crippen LogP contribution in [0.1, 0.15) is 33.4 Å². The van der Waals surface area contributed by atoms with Gasteiger partial charge in [0.1, 0.15) is 0 Å². The molecular weight excluding hydrogens is 484 g/mol. The third-order valence-electron chi connectivity index (χ3n) is 6.24. The maximum absolute atomic E-state index is 3.93. The van der Waals surface area contributed by atoms with Gasteiger partial charge in [-0.15, -0.1) is 0 Å². The predicted octanol–water partition coefficient (Wildman–Crippen LogP) is 8.06. The van der Waals surface area contributed by atoms with E-state index in [9.17, 15) is 0 Å². The standard InChI is InChI=1S/C27H16Br2/c28-23-13-5-7-17-15-16-18-8-6-14-24(29)26(18)27(25(17)23)21-11-3-1-9-19(21)20-10-2-4-12-22(20)27/h1-16H. The predicted molar refractivity (Wildman–Crippen MR) is 128 cm³/mol. The molecule has 0 unspecified atom stereocenters. The Hall–Kier alpha value is -2.42. The van der Waals surface area contributed by atoms with E-state index >= 15 is 0 Å². The molecule has 0 N–H and O–H groups in total. The van der Waals surface area contributed by atoms with Crippen LogP contribution < -0.4 is 0 Å². The third-order valence-corrected chi connectivity index (χ3v) is 7.56. The maximum atomic E-state index is 3.93. The molecule has 0 saturated heterocycles. The van der Waals surface area contributed by atoms with Crippen molar-refractivity contribution in [3.8, 4) is 11.1 Å². The second-order valence-corrected chi connectivity index (χ2v) is 9.29. The van der Waals surface area contributed by atoms with E-state index in [2.05, 4.69) is 129 Å². The van der Waals surface area contributed by atoms with Gasteiger partial charge in [0, 0.05) is 8.95 Å². The molecule has 0 saturated carbocycles. The maximum Gasteiger partial charge on any atom is 0.0747 e. The molecule has 1 spiro atoms. The molecule has 0 amide bonds. The van der Waals surface area contributed by atoms with E-state index in [0.29, 0.717) is 0 Å². The van der Waals surface area contributed by atoms with Crippen molar-refractivity contribution in [3.05, 3.63) is 127 Å². The third kappa shape index (κ3) is 2.19. The SMILES string of the molecule is Brc1cccc2c1C1(c3ccccc3-c3ccccc31)c1c(Br)cccc1C=C2. The second-order valence-electron chi connectivity index (χ2n) is 7.58. The van der Waals surface area contributed by atoms with Crippen molar-refractivity contribution in [2.24, 2.45) is 0 Å². The summed E-state index contributed by atoms with van der Waals surface area (Å²) in [5.41, 5.74) is 10.0. The summed E-state index contributed by atoms with van der Waals surface area (Å²) in [6.07, 6.45) is 4.51. The number of benzene rings is 4. The smallest absolute Gasteiger partial charge is 0.0619 e. The molecule has 0 radical (unpaired) electrons. The summed E-state index contributed by atoms with van der Waals surface area (Å²) >= 11 is 7.87. The van der Waals surface area contributed by atoms with Crippen LogP contribution in [0.25, 0.3) is 23.3 Å². The minimum absolute atomic E-state index is 0.387. The molecule has 0 bridgehead atoms. The van der Waals surface area contributed by atoms with Gasteiger partial charge in [-0.25, -0.2) is 0 Å². The Morgan fingerprint density at radius 1 is 0.483 bits per heavy atom. The minimum atomic E-state index is -0.387. The molecule has 0 nitrogen and oxygen atoms in total. The Kier molecular flexibility index (Phi) is 3.78. The first-order chi connectivity index (χ1) is 14.2. The largest absolute Gasteiger partial charge is 0.0747 e. The zero-order valence-electron chi connectivity index (χ0n) is 15.5. The Morgan fingerprint density at radius 2 is 0.931 bits per heavy atom. The Bertz CT molecular complexity index is 1230. The van der Waals surface area contributed by atoms with Crippen LogP contribution in [0.2, 0.25) is 0 Å². The van der Waals surface area contributed by atoms with Crippen molar-refractivity contribution < 1.29 is 0 Å². The molecule has 2 aliphatic rings. The van der Waals surface area contributed by atoms with Crippen molar-refractivity contribution in [2.75, 3.05) is 0 Å². The van der Waals surface area contributed by atoms with Gasteiger partial charge in [0.2, 0.25) is 0 Å². The summed E-state index contributed by atoms with van der Waals surface area (Å²) < 4.78 is 2.27. The number of rotatable bonds is 0. The average Bonchev–Trinajstić information content (AvgIpc) is 2.92. The van der Waals surface area contributed by atoms with E-state index in [0.717, 1.165) is 8.95 Å². The summed E-state index contributed by atoms with van der Waals surface area (Å²) in [7, 11) is 0. The van der Waals surface area contributed by atoms with Crippen molar-refractivity contribution in [3.63, 3.8) is 0 Å². The molecule has 0 heterocycles. The molecule has 0 fully saturated rings. The summed E-state index contributed by atoms with van der Waals surface area (Å²) in [4.78, 5) is 0. The highest BCUT2D eigenvalue weighted by Gasteiger charge is 2.50. The molecule has 2 aliphatic carbocycles. The molecule has 4 aromatic carbocycles. The fraction of sp³-hybridized carbons (Fsp3) is 0.0370. The van der Waals surface area contributed by atoms with Crippen LogP contribution in [0.15, 0.2) is 93.9 Å². The Labute approximate surface area is 187 Å². The van der Waals surface area contributed by atoms with E-state index in [-0.39, 0.29) is 5.41 Å². The van der Waals surface area contributed by atoms with Gasteiger partial charge in [-0.1, -0.05) is 117 Å². The fourth-order valence-corrected chi connectivity index (χ4v) is 6.59. The quantitative estimate of drug-likeness (QED) is 0.198. The second kappa shape index (κ2) is 6.29. The summed E-state index contributed by atoms with van der Waals surface area (Å²) in [6.45, 7) is 0. The van der Waals surface area contributed by atoms with Gasteiger partial charge < -0.3 is 0 Å². The van der Waals surface area contributed by atoms with Gasteiger partial charge in [0.25, 0.3) is 0 Å². The summed E-state index contributed by atoms with van der Waals surface area (Å²) in [5, 5.41) is 0. The van der Waals surface area contributed by atoms with E-state index in [1.54, 1.807) is 0 Å². The topological polar surface area (TPSA) is 0 Å². The Balaban J connectivity index is 1.93. The van der Waals surface area contributed by atoms with E-state index in [1.165, 1.54) is 44.5 Å². The fourth-order valence-electron chi connectivity index (χ4n) is 5.23. The average molecular weight is 500 g/mol. The van der Waals surface area contributed by atoms with Crippen molar-refractivity contribution in [2.45, 2.75) is 5.41 Å². The van der Waals surface area contributed by atoms with Crippen molar-refractivity contribution in [1.82, 2.24) is 0 Å². The van der Waals surface area contributed by atoms with Crippen LogP contribution in [-0.4, -0.2) is 0 Å². The van der Waals surface area contributed by atoms with Crippen LogP contribution in [0, 0.1) is 0 Å². The van der Waals surface area contributed by atoms with Gasteiger partial charge >= 0.3 is 0 Å². The van der Waals surface area contributed by atoms with Crippen LogP contribution in [0.4, 0.5) is 0 Å². The van der Waals surface area contributed by atoms with E-state index in [4.69, 9.17) is 0 Å². The van der Waals surface area contributed by atoms with Crippen LogP contribution in [0.5, 0.6) is 0 Å². The molecule has 4 aromatic rings. The number of hydrogen-bond donors (Lipinski definition) is 0. The highest BCUT2D eigenvalue weighted by molar-refractivity contribution is 9.10. The number of halogens is 2. The molecule has 6 rings (SSSR count). The first-order valence-electron chi connectivity index (χ1n) is 9.68. The first-order valence-corrected chi connectivity index (χ1v) is 11.3. The molecule has 0 aliphatic heterocycles. The molecule has 0 aromatic heterocycles. The lowest BCUT2D eigenvalue weighted by Gasteiger charge is -2.36. The summed E-state index contributed by atoms with van der Waals surface area (Å²) in [6, 6.07) is 30.8. The van der Waals surface area contributed by atoms with E-state index < -0.39 is 0 Å². The van der Waals surface area contributed by atoms with Crippen molar-refractivity contribution in [1.29, 1.82) is 0 Å². The Morgan fingerprint density at radius 3 is 1.41 bits per heavy atom. The van der Waals surface area contributed by atoms with Gasteiger partial charge in [-0.05, 0) is 56.6 Å². The normalized spacial score (nSPS) is 14.7. The highest BCUT2D eigenvalue weighted by Crippen LogP contribution is 2.60. The lowest BCUT2D eigenvalue weighted by molar-refractivity contribution is 0.757. The van der Waals surface area contributed by atoms with Crippen LogP contribution in [0.3, 0.4) is 0 Å². The molecule has 138 valence electrons. The van der Waals surface area contributed by atoms with Gasteiger partial charge in [0.15, 0.2) is 0 Å². The van der Waals surface area contributed by atoms with Gasteiger partial charge in [0.05, 0.1) is 5.41 Å². The molecular formula is C27H16Br2. The first kappa shape index (κ1) is 17.4. The van der Waals surface area contributed by atoms with Gasteiger partial charge in [-0.2, -0.15) is 0 Å². The lowest BCUT2D eigenvalue weighted by Crippen LogP contribution is -2.31. The number of hydrogen-bond acceptors (Lipinski definition) is 0. The zero-order chi connectivity index (χ0) is 19.6. The minimum Gasteiger partial charge on any atom is -0.0619 e. The lowest BCUT2D eigenvalue weighted by atomic mass is 9.66.